The minimum absolute atomic E-state index is 0.0222. The molecule has 1 N–H and O–H groups in total. The molecule has 1 fully saturated rings. The van der Waals surface area contributed by atoms with Gasteiger partial charge in [0.25, 0.3) is 10.0 Å². The van der Waals surface area contributed by atoms with Crippen LogP contribution in [0.2, 0.25) is 4.34 Å². The Morgan fingerprint density at radius 3 is 2.61 bits per heavy atom. The van der Waals surface area contributed by atoms with Crippen molar-refractivity contribution in [2.75, 3.05) is 13.1 Å². The Balaban J connectivity index is 2.26. The molecule has 2 atom stereocenters. The Morgan fingerprint density at radius 2 is 2.17 bits per heavy atom. The second kappa shape index (κ2) is 4.80. The van der Waals surface area contributed by atoms with E-state index in [2.05, 4.69) is 0 Å². The first kappa shape index (κ1) is 13.8. The van der Waals surface area contributed by atoms with Gasteiger partial charge < -0.3 is 5.11 Å². The first-order chi connectivity index (χ1) is 8.32. The van der Waals surface area contributed by atoms with E-state index in [1.165, 1.54) is 16.4 Å². The van der Waals surface area contributed by atoms with Crippen LogP contribution in [-0.2, 0) is 14.8 Å². The molecular weight excluding hydrogens is 298 g/mol. The molecule has 100 valence electrons. The van der Waals surface area contributed by atoms with Crippen LogP contribution in [0, 0.1) is 11.8 Å². The second-order valence-electron chi connectivity index (χ2n) is 4.30. The Morgan fingerprint density at radius 1 is 1.50 bits per heavy atom. The molecule has 2 unspecified atom stereocenters. The van der Waals surface area contributed by atoms with E-state index in [0.29, 0.717) is 4.34 Å². The lowest BCUT2D eigenvalue weighted by Gasteiger charge is -2.14. The highest BCUT2D eigenvalue weighted by Gasteiger charge is 2.41. The molecule has 0 aliphatic carbocycles. The standard InChI is InChI=1S/C10H12ClNO4S2/c1-6-4-12(5-7(6)10(13)14)18(15,16)9-3-2-8(11)17-9/h2-3,6-7H,4-5H2,1H3,(H,13,14). The van der Waals surface area contributed by atoms with Crippen LogP contribution >= 0.6 is 22.9 Å². The van der Waals surface area contributed by atoms with Crippen molar-refractivity contribution in [2.45, 2.75) is 11.1 Å². The number of sulfonamides is 1. The Bertz CT molecular complexity index is 568. The number of hydrogen-bond donors (Lipinski definition) is 1. The molecule has 18 heavy (non-hydrogen) atoms. The van der Waals surface area contributed by atoms with E-state index in [-0.39, 0.29) is 23.2 Å². The van der Waals surface area contributed by atoms with Crippen molar-refractivity contribution in [1.82, 2.24) is 4.31 Å². The largest absolute Gasteiger partial charge is 0.481 e. The third kappa shape index (κ3) is 2.40. The second-order valence-corrected chi connectivity index (χ2v) is 8.18. The molecule has 0 amide bonds. The summed E-state index contributed by atoms with van der Waals surface area (Å²) in [5, 5.41) is 9.00. The Kier molecular flexibility index (Phi) is 3.68. The van der Waals surface area contributed by atoms with Crippen molar-refractivity contribution >= 4 is 38.9 Å². The van der Waals surface area contributed by atoms with Gasteiger partial charge in [0.2, 0.25) is 0 Å². The monoisotopic (exact) mass is 309 g/mol. The highest BCUT2D eigenvalue weighted by Crippen LogP contribution is 2.32. The summed E-state index contributed by atoms with van der Waals surface area (Å²) < 4.78 is 26.3. The third-order valence-corrected chi connectivity index (χ3v) is 6.57. The maximum Gasteiger partial charge on any atom is 0.308 e. The summed E-state index contributed by atoms with van der Waals surface area (Å²) in [6.45, 7) is 2.00. The molecule has 1 aromatic heterocycles. The predicted molar refractivity (Wildman–Crippen MR) is 68.4 cm³/mol. The molecule has 1 aromatic rings. The topological polar surface area (TPSA) is 74.7 Å². The van der Waals surface area contributed by atoms with Gasteiger partial charge in [-0.2, -0.15) is 4.31 Å². The van der Waals surface area contributed by atoms with Crippen LogP contribution < -0.4 is 0 Å². The number of thiophene rings is 1. The molecule has 0 spiro atoms. The normalized spacial score (nSPS) is 25.4. The fourth-order valence-electron chi connectivity index (χ4n) is 2.00. The summed E-state index contributed by atoms with van der Waals surface area (Å²) in [4.78, 5) is 11.0. The molecule has 5 nitrogen and oxygen atoms in total. The summed E-state index contributed by atoms with van der Waals surface area (Å²) in [6, 6.07) is 2.97. The van der Waals surface area contributed by atoms with Crippen LogP contribution in [0.15, 0.2) is 16.3 Å². The maximum absolute atomic E-state index is 12.2. The molecule has 8 heteroatoms. The van der Waals surface area contributed by atoms with E-state index in [0.717, 1.165) is 11.3 Å². The van der Waals surface area contributed by atoms with Crippen molar-refractivity contribution in [1.29, 1.82) is 0 Å². The predicted octanol–water partition coefficient (Wildman–Crippen LogP) is 1.74. The van der Waals surface area contributed by atoms with Gasteiger partial charge in [-0.05, 0) is 18.1 Å². The minimum Gasteiger partial charge on any atom is -0.481 e. The number of aliphatic carboxylic acids is 1. The maximum atomic E-state index is 12.2. The number of rotatable bonds is 3. The molecule has 1 aliphatic heterocycles. The van der Waals surface area contributed by atoms with E-state index in [1.54, 1.807) is 6.92 Å². The highest BCUT2D eigenvalue weighted by atomic mass is 35.5. The fourth-order valence-corrected chi connectivity index (χ4v) is 5.21. The van der Waals surface area contributed by atoms with E-state index >= 15 is 0 Å². The van der Waals surface area contributed by atoms with Crippen LogP contribution in [0.3, 0.4) is 0 Å². The lowest BCUT2D eigenvalue weighted by Crippen LogP contribution is -2.29. The van der Waals surface area contributed by atoms with E-state index < -0.39 is 21.9 Å². The van der Waals surface area contributed by atoms with Crippen LogP contribution in [0.1, 0.15) is 6.92 Å². The first-order valence-corrected chi connectivity index (χ1v) is 7.94. The van der Waals surface area contributed by atoms with E-state index in [4.69, 9.17) is 16.7 Å². The Labute approximate surface area is 114 Å². The van der Waals surface area contributed by atoms with Crippen LogP contribution in [-0.4, -0.2) is 36.9 Å². The smallest absolute Gasteiger partial charge is 0.308 e. The molecule has 0 radical (unpaired) electrons. The molecule has 1 saturated heterocycles. The molecule has 2 heterocycles. The SMILES string of the molecule is CC1CN(S(=O)(=O)c2ccc(Cl)s2)CC1C(=O)O. The number of hydrogen-bond acceptors (Lipinski definition) is 4. The lowest BCUT2D eigenvalue weighted by atomic mass is 9.99. The van der Waals surface area contributed by atoms with Gasteiger partial charge in [-0.25, -0.2) is 8.42 Å². The summed E-state index contributed by atoms with van der Waals surface area (Å²) in [6.07, 6.45) is 0. The third-order valence-electron chi connectivity index (χ3n) is 3.04. The van der Waals surface area contributed by atoms with Crippen LogP contribution in [0.5, 0.6) is 0 Å². The van der Waals surface area contributed by atoms with Gasteiger partial charge in [-0.3, -0.25) is 4.79 Å². The zero-order valence-electron chi connectivity index (χ0n) is 9.54. The van der Waals surface area contributed by atoms with Gasteiger partial charge >= 0.3 is 5.97 Å². The summed E-state index contributed by atoms with van der Waals surface area (Å²) >= 11 is 6.70. The zero-order valence-corrected chi connectivity index (χ0v) is 11.9. The van der Waals surface area contributed by atoms with Crippen molar-refractivity contribution in [3.63, 3.8) is 0 Å². The molecule has 0 bridgehead atoms. The quantitative estimate of drug-likeness (QED) is 0.923. The molecule has 2 rings (SSSR count). The lowest BCUT2D eigenvalue weighted by molar-refractivity contribution is -0.142. The number of carboxylic acids is 1. The van der Waals surface area contributed by atoms with Crippen LogP contribution in [0.4, 0.5) is 0 Å². The molecule has 1 aliphatic rings. The van der Waals surface area contributed by atoms with Gasteiger partial charge in [0, 0.05) is 13.1 Å². The van der Waals surface area contributed by atoms with Gasteiger partial charge in [-0.15, -0.1) is 11.3 Å². The summed E-state index contributed by atoms with van der Waals surface area (Å²) in [7, 11) is -3.61. The van der Waals surface area contributed by atoms with Crippen molar-refractivity contribution in [2.24, 2.45) is 11.8 Å². The van der Waals surface area contributed by atoms with Gasteiger partial charge in [0.1, 0.15) is 4.21 Å². The van der Waals surface area contributed by atoms with E-state index in [1.807, 2.05) is 0 Å². The minimum atomic E-state index is -3.61. The van der Waals surface area contributed by atoms with Gasteiger partial charge in [-0.1, -0.05) is 18.5 Å². The number of nitrogens with zero attached hydrogens (tertiary/aromatic N) is 1. The van der Waals surface area contributed by atoms with Crippen LogP contribution in [0.25, 0.3) is 0 Å². The Hall–Kier alpha value is -0.630. The summed E-state index contributed by atoms with van der Waals surface area (Å²) in [5.74, 6) is -1.78. The fraction of sp³-hybridized carbons (Fsp3) is 0.500. The van der Waals surface area contributed by atoms with Crippen molar-refractivity contribution in [3.8, 4) is 0 Å². The molecular formula is C10H12ClNO4S2. The van der Waals surface area contributed by atoms with Gasteiger partial charge in [0.15, 0.2) is 0 Å². The summed E-state index contributed by atoms with van der Waals surface area (Å²) in [5.41, 5.74) is 0. The average molecular weight is 310 g/mol. The zero-order chi connectivity index (χ0) is 13.5. The highest BCUT2D eigenvalue weighted by molar-refractivity contribution is 7.91. The molecule has 0 aromatic carbocycles. The first-order valence-electron chi connectivity index (χ1n) is 5.30. The number of carbonyl (C=O) groups is 1. The van der Waals surface area contributed by atoms with Crippen molar-refractivity contribution in [3.05, 3.63) is 16.5 Å². The number of carboxylic acid groups (broad SMARTS) is 1. The number of halogens is 1. The molecule has 0 saturated carbocycles. The average Bonchev–Trinajstić information content (AvgIpc) is 2.84. The van der Waals surface area contributed by atoms with Crippen molar-refractivity contribution < 1.29 is 18.3 Å². The van der Waals surface area contributed by atoms with Gasteiger partial charge in [0.05, 0.1) is 10.3 Å². The van der Waals surface area contributed by atoms with E-state index in [9.17, 15) is 13.2 Å².